The zero-order valence-corrected chi connectivity index (χ0v) is 15.5. The summed E-state index contributed by atoms with van der Waals surface area (Å²) in [6.45, 7) is 1.04. The number of rotatable bonds is 6. The molecule has 2 aromatic carbocycles. The number of halogens is 1. The van der Waals surface area contributed by atoms with Crippen molar-refractivity contribution in [2.75, 3.05) is 13.1 Å². The van der Waals surface area contributed by atoms with Crippen LogP contribution in [0.3, 0.4) is 0 Å². The number of nitrogens with zero attached hydrogens (tertiary/aromatic N) is 1. The molecule has 144 valence electrons. The summed E-state index contributed by atoms with van der Waals surface area (Å²) in [4.78, 5) is 29.5. The van der Waals surface area contributed by atoms with E-state index >= 15 is 0 Å². The highest BCUT2D eigenvalue weighted by molar-refractivity contribution is 5.89. The van der Waals surface area contributed by atoms with Gasteiger partial charge < -0.3 is 15.2 Å². The number of benzene rings is 2. The van der Waals surface area contributed by atoms with Crippen LogP contribution in [-0.2, 0) is 22.6 Å². The number of fused-ring (bicyclic) bond motifs is 1. The smallest absolute Gasteiger partial charge is 0.225 e. The lowest BCUT2D eigenvalue weighted by Crippen LogP contribution is -2.34. The number of para-hydroxylation sites is 1. The van der Waals surface area contributed by atoms with Crippen molar-refractivity contribution in [2.45, 2.75) is 19.4 Å². The summed E-state index contributed by atoms with van der Waals surface area (Å²) in [5.74, 6) is -0.951. The Bertz CT molecular complexity index is 1010. The lowest BCUT2D eigenvalue weighted by molar-refractivity contribution is -0.129. The fourth-order valence-electron chi connectivity index (χ4n) is 3.74. The normalized spacial score (nSPS) is 16.7. The first kappa shape index (κ1) is 18.2. The van der Waals surface area contributed by atoms with Gasteiger partial charge in [0.15, 0.2) is 0 Å². The number of amides is 2. The third-order valence-electron chi connectivity index (χ3n) is 5.27. The SMILES string of the molecule is O=C(NCCc1c[nH]c2ccccc12)C1CC(=O)N(Cc2ccccc2F)C1. The first-order chi connectivity index (χ1) is 13.6. The van der Waals surface area contributed by atoms with E-state index in [4.69, 9.17) is 0 Å². The van der Waals surface area contributed by atoms with Crippen LogP contribution in [0.15, 0.2) is 54.7 Å². The summed E-state index contributed by atoms with van der Waals surface area (Å²) in [5.41, 5.74) is 2.70. The fourth-order valence-corrected chi connectivity index (χ4v) is 3.74. The minimum Gasteiger partial charge on any atom is -0.361 e. The molecule has 0 bridgehead atoms. The van der Waals surface area contributed by atoms with E-state index in [-0.39, 0.29) is 36.5 Å². The van der Waals surface area contributed by atoms with Gasteiger partial charge in [-0.15, -0.1) is 0 Å². The van der Waals surface area contributed by atoms with E-state index in [2.05, 4.69) is 16.4 Å². The van der Waals surface area contributed by atoms with Crippen LogP contribution in [0.1, 0.15) is 17.5 Å². The van der Waals surface area contributed by atoms with Crippen LogP contribution >= 0.6 is 0 Å². The molecule has 2 amide bonds. The number of aromatic amines is 1. The van der Waals surface area contributed by atoms with E-state index in [1.807, 2.05) is 24.4 Å². The maximum atomic E-state index is 13.8. The van der Waals surface area contributed by atoms with Crippen molar-refractivity contribution in [1.29, 1.82) is 0 Å². The highest BCUT2D eigenvalue weighted by Gasteiger charge is 2.34. The van der Waals surface area contributed by atoms with E-state index in [1.54, 1.807) is 23.1 Å². The Morgan fingerprint density at radius 3 is 2.79 bits per heavy atom. The molecule has 4 rings (SSSR count). The third-order valence-corrected chi connectivity index (χ3v) is 5.27. The van der Waals surface area contributed by atoms with Gasteiger partial charge in [-0.3, -0.25) is 9.59 Å². The standard InChI is InChI=1S/C22H22FN3O2/c23-19-7-3-1-5-16(19)13-26-14-17(11-21(26)27)22(28)24-10-9-15-12-25-20-8-4-2-6-18(15)20/h1-8,12,17,25H,9-11,13-14H2,(H,24,28). The molecule has 1 unspecified atom stereocenters. The molecule has 6 heteroatoms. The van der Waals surface area contributed by atoms with Crippen LogP contribution in [0.2, 0.25) is 0 Å². The van der Waals surface area contributed by atoms with E-state index in [1.165, 1.54) is 6.07 Å². The monoisotopic (exact) mass is 379 g/mol. The van der Waals surface area contributed by atoms with Gasteiger partial charge in [-0.05, 0) is 24.1 Å². The van der Waals surface area contributed by atoms with Crippen LogP contribution in [0, 0.1) is 11.7 Å². The Labute approximate surface area is 162 Å². The highest BCUT2D eigenvalue weighted by Crippen LogP contribution is 2.22. The maximum Gasteiger partial charge on any atom is 0.225 e. The topological polar surface area (TPSA) is 65.2 Å². The highest BCUT2D eigenvalue weighted by atomic mass is 19.1. The molecule has 2 N–H and O–H groups in total. The summed E-state index contributed by atoms with van der Waals surface area (Å²) in [6, 6.07) is 14.5. The number of H-pyrrole nitrogens is 1. The van der Waals surface area contributed by atoms with Gasteiger partial charge in [0.2, 0.25) is 11.8 Å². The first-order valence-corrected chi connectivity index (χ1v) is 9.45. The molecule has 0 radical (unpaired) electrons. The van der Waals surface area contributed by atoms with Gasteiger partial charge in [0.1, 0.15) is 5.82 Å². The number of hydrogen-bond donors (Lipinski definition) is 2. The molecule has 0 aliphatic carbocycles. The van der Waals surface area contributed by atoms with Crippen LogP contribution in [0.5, 0.6) is 0 Å². The molecule has 28 heavy (non-hydrogen) atoms. The van der Waals surface area contributed by atoms with Gasteiger partial charge in [-0.25, -0.2) is 4.39 Å². The second-order valence-corrected chi connectivity index (χ2v) is 7.17. The number of likely N-dealkylation sites (tertiary alicyclic amines) is 1. The molecular weight excluding hydrogens is 357 g/mol. The van der Waals surface area contributed by atoms with Crippen LogP contribution in [0.4, 0.5) is 4.39 Å². The molecule has 1 saturated heterocycles. The van der Waals surface area contributed by atoms with E-state index < -0.39 is 0 Å². The van der Waals surface area contributed by atoms with Crippen LogP contribution in [-0.4, -0.2) is 34.8 Å². The molecular formula is C22H22FN3O2. The van der Waals surface area contributed by atoms with Crippen molar-refractivity contribution in [2.24, 2.45) is 5.92 Å². The minimum atomic E-state index is -0.387. The molecule has 1 aliphatic rings. The van der Waals surface area contributed by atoms with Gasteiger partial charge in [0.05, 0.1) is 5.92 Å². The number of carbonyl (C=O) groups excluding carboxylic acids is 2. The van der Waals surface area contributed by atoms with Crippen LogP contribution < -0.4 is 5.32 Å². The summed E-state index contributed by atoms with van der Waals surface area (Å²) < 4.78 is 13.8. The second kappa shape index (κ2) is 7.84. The second-order valence-electron chi connectivity index (χ2n) is 7.17. The Morgan fingerprint density at radius 2 is 1.93 bits per heavy atom. The summed E-state index contributed by atoms with van der Waals surface area (Å²) in [5, 5.41) is 4.09. The van der Waals surface area contributed by atoms with Crippen molar-refractivity contribution in [3.8, 4) is 0 Å². The minimum absolute atomic E-state index is 0.111. The first-order valence-electron chi connectivity index (χ1n) is 9.45. The van der Waals surface area contributed by atoms with Crippen molar-refractivity contribution in [3.63, 3.8) is 0 Å². The van der Waals surface area contributed by atoms with E-state index in [0.717, 1.165) is 22.9 Å². The number of carbonyl (C=O) groups is 2. The lowest BCUT2D eigenvalue weighted by Gasteiger charge is -2.17. The molecule has 1 aliphatic heterocycles. The summed E-state index contributed by atoms with van der Waals surface area (Å²) >= 11 is 0. The van der Waals surface area contributed by atoms with Gasteiger partial charge in [0.25, 0.3) is 0 Å². The molecule has 3 aromatic rings. The molecule has 1 aromatic heterocycles. The number of hydrogen-bond acceptors (Lipinski definition) is 2. The van der Waals surface area contributed by atoms with Crippen molar-refractivity contribution >= 4 is 22.7 Å². The van der Waals surface area contributed by atoms with Gasteiger partial charge >= 0.3 is 0 Å². The summed E-state index contributed by atoms with van der Waals surface area (Å²) in [7, 11) is 0. The van der Waals surface area contributed by atoms with Crippen molar-refractivity contribution in [1.82, 2.24) is 15.2 Å². The van der Waals surface area contributed by atoms with E-state index in [0.29, 0.717) is 18.7 Å². The Kier molecular flexibility index (Phi) is 5.10. The Balaban J connectivity index is 1.30. The predicted molar refractivity (Wildman–Crippen MR) is 105 cm³/mol. The molecule has 1 atom stereocenters. The molecule has 2 heterocycles. The third kappa shape index (κ3) is 3.76. The fraction of sp³-hybridized carbons (Fsp3) is 0.273. The molecule has 5 nitrogen and oxygen atoms in total. The predicted octanol–water partition coefficient (Wildman–Crippen LogP) is 3.01. The number of aromatic nitrogens is 1. The molecule has 1 fully saturated rings. The Hall–Kier alpha value is -3.15. The van der Waals surface area contributed by atoms with Crippen molar-refractivity contribution in [3.05, 3.63) is 71.7 Å². The zero-order valence-electron chi connectivity index (χ0n) is 15.5. The maximum absolute atomic E-state index is 13.8. The van der Waals surface area contributed by atoms with Gasteiger partial charge in [0, 0.05) is 48.7 Å². The molecule has 0 spiro atoms. The molecule has 0 saturated carbocycles. The average molecular weight is 379 g/mol. The summed E-state index contributed by atoms with van der Waals surface area (Å²) in [6.07, 6.45) is 2.86. The quantitative estimate of drug-likeness (QED) is 0.691. The zero-order chi connectivity index (χ0) is 19.5. The van der Waals surface area contributed by atoms with E-state index in [9.17, 15) is 14.0 Å². The van der Waals surface area contributed by atoms with Crippen LogP contribution in [0.25, 0.3) is 10.9 Å². The lowest BCUT2D eigenvalue weighted by atomic mass is 10.1. The number of nitrogens with one attached hydrogen (secondary N) is 2. The van der Waals surface area contributed by atoms with Gasteiger partial charge in [-0.1, -0.05) is 36.4 Å². The Morgan fingerprint density at radius 1 is 1.14 bits per heavy atom. The largest absolute Gasteiger partial charge is 0.361 e. The van der Waals surface area contributed by atoms with Gasteiger partial charge in [-0.2, -0.15) is 0 Å². The van der Waals surface area contributed by atoms with Crippen molar-refractivity contribution < 1.29 is 14.0 Å². The average Bonchev–Trinajstić information content (AvgIpc) is 3.28.